The maximum atomic E-state index is 10.1. The third kappa shape index (κ3) is 2.81. The van der Waals surface area contributed by atoms with Gasteiger partial charge in [0.05, 0.1) is 11.6 Å². The van der Waals surface area contributed by atoms with Crippen LogP contribution >= 0.6 is 0 Å². The smallest absolute Gasteiger partial charge is 0.0818 e. The summed E-state index contributed by atoms with van der Waals surface area (Å²) in [5.41, 5.74) is 1.84. The van der Waals surface area contributed by atoms with Gasteiger partial charge in [0.15, 0.2) is 0 Å². The Kier molecular flexibility index (Phi) is 4.07. The summed E-state index contributed by atoms with van der Waals surface area (Å²) in [6.45, 7) is 3.21. The van der Waals surface area contributed by atoms with E-state index >= 15 is 0 Å². The van der Waals surface area contributed by atoms with E-state index in [-0.39, 0.29) is 0 Å². The highest BCUT2D eigenvalue weighted by molar-refractivity contribution is 5.82. The Morgan fingerprint density at radius 3 is 3.00 bits per heavy atom. The third-order valence-electron chi connectivity index (χ3n) is 2.78. The first kappa shape index (κ1) is 12.0. The third-order valence-corrected chi connectivity index (χ3v) is 2.78. The number of hydrogen-bond donors (Lipinski definition) is 1. The molecule has 0 aliphatic rings. The van der Waals surface area contributed by atoms with E-state index in [0.717, 1.165) is 16.5 Å². The largest absolute Gasteiger partial charge is 0.388 e. The van der Waals surface area contributed by atoms with Gasteiger partial charge in [-0.05, 0) is 24.6 Å². The van der Waals surface area contributed by atoms with Crippen LogP contribution in [0.1, 0.15) is 25.0 Å². The van der Waals surface area contributed by atoms with E-state index in [4.69, 9.17) is 4.74 Å². The van der Waals surface area contributed by atoms with E-state index in [1.54, 1.807) is 6.20 Å². The molecule has 90 valence electrons. The Labute approximate surface area is 101 Å². The highest BCUT2D eigenvalue weighted by atomic mass is 16.5. The Morgan fingerprint density at radius 2 is 2.18 bits per heavy atom. The summed E-state index contributed by atoms with van der Waals surface area (Å²) in [5, 5.41) is 11.2. The Hall–Kier alpha value is -1.45. The number of benzene rings is 1. The molecule has 0 amide bonds. The van der Waals surface area contributed by atoms with E-state index in [1.165, 1.54) is 0 Å². The zero-order valence-electron chi connectivity index (χ0n) is 9.97. The van der Waals surface area contributed by atoms with Crippen LogP contribution in [0.3, 0.4) is 0 Å². The van der Waals surface area contributed by atoms with Gasteiger partial charge in [0.25, 0.3) is 0 Å². The molecule has 0 aliphatic heterocycles. The van der Waals surface area contributed by atoms with Crippen LogP contribution in [0, 0.1) is 0 Å². The second-order valence-corrected chi connectivity index (χ2v) is 3.92. The molecule has 0 fully saturated rings. The summed E-state index contributed by atoms with van der Waals surface area (Å²) < 4.78 is 5.26. The summed E-state index contributed by atoms with van der Waals surface area (Å²) in [6.07, 6.45) is 1.88. The minimum atomic E-state index is -0.491. The lowest BCUT2D eigenvalue weighted by Gasteiger charge is -2.13. The Bertz CT molecular complexity index is 479. The predicted molar refractivity (Wildman–Crippen MR) is 67.8 cm³/mol. The number of rotatable bonds is 5. The van der Waals surface area contributed by atoms with Crippen molar-refractivity contribution in [1.29, 1.82) is 0 Å². The van der Waals surface area contributed by atoms with Gasteiger partial charge in [0.1, 0.15) is 0 Å². The van der Waals surface area contributed by atoms with Gasteiger partial charge in [-0.3, -0.25) is 4.98 Å². The van der Waals surface area contributed by atoms with Crippen molar-refractivity contribution in [3.63, 3.8) is 0 Å². The molecule has 0 saturated carbocycles. The van der Waals surface area contributed by atoms with Crippen LogP contribution in [0.2, 0.25) is 0 Å². The maximum Gasteiger partial charge on any atom is 0.0818 e. The molecular weight excluding hydrogens is 214 g/mol. The average Bonchev–Trinajstić information content (AvgIpc) is 2.38. The predicted octanol–water partition coefficient (Wildman–Crippen LogP) is 2.69. The summed E-state index contributed by atoms with van der Waals surface area (Å²) >= 11 is 0. The first-order valence-electron chi connectivity index (χ1n) is 5.92. The number of aliphatic hydroxyl groups excluding tert-OH is 1. The Balaban J connectivity index is 2.22. The fraction of sp³-hybridized carbons (Fsp3) is 0.357. The quantitative estimate of drug-likeness (QED) is 0.804. The monoisotopic (exact) mass is 231 g/mol. The van der Waals surface area contributed by atoms with Crippen molar-refractivity contribution in [3.8, 4) is 0 Å². The number of nitrogens with zero attached hydrogens (tertiary/aromatic N) is 1. The maximum absolute atomic E-state index is 10.1. The summed E-state index contributed by atoms with van der Waals surface area (Å²) in [7, 11) is 0. The topological polar surface area (TPSA) is 42.4 Å². The van der Waals surface area contributed by atoms with Gasteiger partial charge in [0, 0.05) is 31.2 Å². The van der Waals surface area contributed by atoms with Crippen molar-refractivity contribution < 1.29 is 9.84 Å². The second kappa shape index (κ2) is 5.75. The van der Waals surface area contributed by atoms with Crippen molar-refractivity contribution in [2.75, 3.05) is 13.2 Å². The van der Waals surface area contributed by atoms with Crippen molar-refractivity contribution in [1.82, 2.24) is 4.98 Å². The van der Waals surface area contributed by atoms with Crippen LogP contribution in [0.25, 0.3) is 10.9 Å². The molecule has 1 aromatic carbocycles. The molecule has 0 saturated heterocycles. The molecule has 0 radical (unpaired) electrons. The number of hydrogen-bond acceptors (Lipinski definition) is 3. The zero-order chi connectivity index (χ0) is 12.1. The summed E-state index contributed by atoms with van der Waals surface area (Å²) in [4.78, 5) is 4.28. The van der Waals surface area contributed by atoms with Gasteiger partial charge in [-0.2, -0.15) is 0 Å². The van der Waals surface area contributed by atoms with E-state index < -0.39 is 6.10 Å². The molecule has 3 heteroatoms. The summed E-state index contributed by atoms with van der Waals surface area (Å²) in [5.74, 6) is 0. The van der Waals surface area contributed by atoms with Crippen LogP contribution in [-0.4, -0.2) is 23.3 Å². The van der Waals surface area contributed by atoms with Crippen LogP contribution in [-0.2, 0) is 4.74 Å². The van der Waals surface area contributed by atoms with Gasteiger partial charge >= 0.3 is 0 Å². The molecule has 17 heavy (non-hydrogen) atoms. The molecule has 1 aromatic heterocycles. The van der Waals surface area contributed by atoms with Gasteiger partial charge in [-0.1, -0.05) is 18.2 Å². The highest BCUT2D eigenvalue weighted by Gasteiger charge is 2.10. The standard InChI is InChI=1S/C14H17NO2/c1-2-17-10-8-14(16)12-5-3-7-13-11(12)6-4-9-15-13/h3-7,9,14,16H,2,8,10H2,1H3. The highest BCUT2D eigenvalue weighted by Crippen LogP contribution is 2.24. The molecule has 1 unspecified atom stereocenters. The molecule has 3 nitrogen and oxygen atoms in total. The first-order chi connectivity index (χ1) is 8.33. The fourth-order valence-corrected chi connectivity index (χ4v) is 1.91. The Morgan fingerprint density at radius 1 is 1.29 bits per heavy atom. The number of aliphatic hydroxyl groups is 1. The van der Waals surface area contributed by atoms with E-state index in [0.29, 0.717) is 19.6 Å². The van der Waals surface area contributed by atoms with E-state index in [1.807, 2.05) is 37.3 Å². The van der Waals surface area contributed by atoms with Crippen LogP contribution in [0.5, 0.6) is 0 Å². The molecule has 0 aliphatic carbocycles. The number of ether oxygens (including phenoxy) is 1. The van der Waals surface area contributed by atoms with Crippen molar-refractivity contribution in [3.05, 3.63) is 42.1 Å². The van der Waals surface area contributed by atoms with Gasteiger partial charge in [-0.15, -0.1) is 0 Å². The zero-order valence-corrected chi connectivity index (χ0v) is 9.97. The molecular formula is C14H17NO2. The lowest BCUT2D eigenvalue weighted by molar-refractivity contribution is 0.0892. The molecule has 2 rings (SSSR count). The normalized spacial score (nSPS) is 12.8. The van der Waals surface area contributed by atoms with Crippen molar-refractivity contribution >= 4 is 10.9 Å². The van der Waals surface area contributed by atoms with Gasteiger partial charge in [-0.25, -0.2) is 0 Å². The number of pyridine rings is 1. The van der Waals surface area contributed by atoms with Crippen LogP contribution < -0.4 is 0 Å². The SMILES string of the molecule is CCOCCC(O)c1cccc2ncccc12. The first-order valence-corrected chi connectivity index (χ1v) is 5.92. The minimum Gasteiger partial charge on any atom is -0.388 e. The lowest BCUT2D eigenvalue weighted by Crippen LogP contribution is -2.04. The van der Waals surface area contributed by atoms with Gasteiger partial charge in [0.2, 0.25) is 0 Å². The lowest BCUT2D eigenvalue weighted by atomic mass is 10.0. The molecule has 1 N–H and O–H groups in total. The van der Waals surface area contributed by atoms with Crippen LogP contribution in [0.4, 0.5) is 0 Å². The molecule has 1 atom stereocenters. The molecule has 2 aromatic rings. The molecule has 0 spiro atoms. The molecule has 1 heterocycles. The second-order valence-electron chi connectivity index (χ2n) is 3.92. The van der Waals surface area contributed by atoms with Crippen molar-refractivity contribution in [2.45, 2.75) is 19.4 Å². The van der Waals surface area contributed by atoms with Gasteiger partial charge < -0.3 is 9.84 Å². The molecule has 0 bridgehead atoms. The van der Waals surface area contributed by atoms with Crippen LogP contribution in [0.15, 0.2) is 36.5 Å². The summed E-state index contributed by atoms with van der Waals surface area (Å²) in [6, 6.07) is 9.70. The van der Waals surface area contributed by atoms with E-state index in [9.17, 15) is 5.11 Å². The fourth-order valence-electron chi connectivity index (χ4n) is 1.91. The number of aromatic nitrogens is 1. The minimum absolute atomic E-state index is 0.491. The van der Waals surface area contributed by atoms with Crippen molar-refractivity contribution in [2.24, 2.45) is 0 Å². The van der Waals surface area contributed by atoms with E-state index in [2.05, 4.69) is 4.98 Å². The number of fused-ring (bicyclic) bond motifs is 1. The average molecular weight is 231 g/mol.